The Bertz CT molecular complexity index is 7040. The molecule has 0 spiro atoms. The molecule has 0 bridgehead atoms. The highest BCUT2D eigenvalue weighted by Gasteiger charge is 2.26. The van der Waals surface area contributed by atoms with E-state index in [9.17, 15) is 0 Å². The summed E-state index contributed by atoms with van der Waals surface area (Å²) in [5, 5.41) is 14.7. The Morgan fingerprint density at radius 1 is 0.167 bits per heavy atom. The van der Waals surface area contributed by atoms with Crippen molar-refractivity contribution in [1.82, 2.24) is 42.4 Å². The van der Waals surface area contributed by atoms with Crippen molar-refractivity contribution in [2.75, 3.05) is 0 Å². The van der Waals surface area contributed by atoms with Crippen LogP contribution in [-0.2, 0) is 0 Å². The van der Waals surface area contributed by atoms with Crippen molar-refractivity contribution >= 4 is 131 Å². The lowest BCUT2D eigenvalue weighted by molar-refractivity contribution is 0.953. The van der Waals surface area contributed by atoms with E-state index in [2.05, 4.69) is 349 Å². The lowest BCUT2D eigenvalue weighted by Crippen LogP contribution is -2.06. The van der Waals surface area contributed by atoms with Crippen LogP contribution in [0.25, 0.3) is 188 Å². The van der Waals surface area contributed by atoms with Crippen LogP contribution in [0, 0.1) is 0 Å². The molecule has 0 atom stereocenters. The summed E-state index contributed by atoms with van der Waals surface area (Å²) in [5.74, 6) is 1.83. The van der Waals surface area contributed by atoms with E-state index in [1.807, 2.05) is 36.4 Å². The maximum Gasteiger partial charge on any atom is 0.238 e. The van der Waals surface area contributed by atoms with E-state index in [1.54, 1.807) is 0 Å². The van der Waals surface area contributed by atoms with Gasteiger partial charge in [0, 0.05) is 104 Å². The summed E-state index contributed by atoms with van der Waals surface area (Å²) in [7, 11) is 0. The lowest BCUT2D eigenvalue weighted by atomic mass is 10.1. The number of benzene rings is 15. The van der Waals surface area contributed by atoms with Crippen molar-refractivity contribution in [3.8, 4) is 57.2 Å². The van der Waals surface area contributed by atoms with Crippen LogP contribution in [0.3, 0.4) is 0 Å². The molecule has 476 valence electrons. The molecule has 102 heavy (non-hydrogen) atoms. The van der Waals surface area contributed by atoms with Crippen LogP contribution >= 0.6 is 0 Å². The highest BCUT2D eigenvalue weighted by atomic mass is 15.2. The van der Waals surface area contributed by atoms with Gasteiger partial charge in [-0.05, 0) is 121 Å². The van der Waals surface area contributed by atoms with Crippen LogP contribution in [0.1, 0.15) is 0 Å². The van der Waals surface area contributed by atoms with E-state index in [0.717, 1.165) is 61.0 Å². The van der Waals surface area contributed by atoms with E-state index in [1.165, 1.54) is 109 Å². The highest BCUT2D eigenvalue weighted by Crippen LogP contribution is 2.46. The molecule has 0 amide bonds. The second-order valence-electron chi connectivity index (χ2n) is 26.3. The summed E-state index contributed by atoms with van der Waals surface area (Å²) >= 11 is 0. The normalized spacial score (nSPS) is 11.9. The van der Waals surface area contributed by atoms with Gasteiger partial charge in [-0.2, -0.15) is 9.97 Å². The fourth-order valence-electron chi connectivity index (χ4n) is 16.4. The van der Waals surface area contributed by atoms with Crippen molar-refractivity contribution in [3.05, 3.63) is 358 Å². The maximum absolute atomic E-state index is 5.20. The van der Waals surface area contributed by atoms with Crippen LogP contribution in [0.5, 0.6) is 0 Å². The Hall–Kier alpha value is -13.9. The quantitative estimate of drug-likeness (QED) is 0.152. The minimum Gasteiger partial charge on any atom is -0.309 e. The van der Waals surface area contributed by atoms with Crippen LogP contribution in [0.15, 0.2) is 358 Å². The standard InChI is InChI=1S/C51H32N6.C42H27N3/c1-4-16-33(17-5-1)49-52-50(34-18-6-2-7-19-34)54-51(53-49)57-44-27-15-12-24-40(44)47-46(57)31-29-39-37-22-10-14-26-43(37)56(48(39)47)36-28-30-45-41(32-36)38-23-11-13-25-42(38)55(45)35-20-8-3-9-21-35;1-3-13-28(14-4-1)43-36-20-10-8-18-32(36)35-27-30(23-25-39(35)43)45-37-21-11-7-17-31(37)33-24-26-40-41(42(33)45)34-19-9-12-22-38(34)44(40)29-15-5-2-6-16-29/h1-32H;1-27H. The monoisotopic (exact) mass is 1300 g/mol. The van der Waals surface area contributed by atoms with Gasteiger partial charge in [-0.3, -0.25) is 4.57 Å². The molecule has 22 aromatic rings. The lowest BCUT2D eigenvalue weighted by Gasteiger charge is -2.12. The molecule has 0 N–H and O–H groups in total. The fraction of sp³-hybridized carbons (Fsp3) is 0. The molecule has 0 saturated heterocycles. The Morgan fingerprint density at radius 3 is 0.833 bits per heavy atom. The molecule has 7 heterocycles. The zero-order chi connectivity index (χ0) is 66.9. The van der Waals surface area contributed by atoms with Gasteiger partial charge < -0.3 is 22.8 Å². The predicted molar refractivity (Wildman–Crippen MR) is 423 cm³/mol. The predicted octanol–water partition coefficient (Wildman–Crippen LogP) is 23.5. The molecule has 0 aliphatic rings. The van der Waals surface area contributed by atoms with E-state index in [4.69, 9.17) is 15.0 Å². The van der Waals surface area contributed by atoms with E-state index in [0.29, 0.717) is 17.6 Å². The average Bonchev–Trinajstić information content (AvgIpc) is 1.55. The molecule has 0 fully saturated rings. The average molecular weight is 1300 g/mol. The van der Waals surface area contributed by atoms with E-state index in [-0.39, 0.29) is 0 Å². The van der Waals surface area contributed by atoms with Gasteiger partial charge in [-0.15, -0.1) is 0 Å². The number of fused-ring (bicyclic) bond motifs is 20. The van der Waals surface area contributed by atoms with Crippen LogP contribution < -0.4 is 0 Å². The van der Waals surface area contributed by atoms with Crippen molar-refractivity contribution < 1.29 is 0 Å². The summed E-state index contributed by atoms with van der Waals surface area (Å²) in [6.07, 6.45) is 0. The highest BCUT2D eigenvalue weighted by molar-refractivity contribution is 6.28. The van der Waals surface area contributed by atoms with Crippen LogP contribution in [-0.4, -0.2) is 42.4 Å². The molecular weight excluding hydrogens is 1240 g/mol. The molecule has 0 radical (unpaired) electrons. The van der Waals surface area contributed by atoms with E-state index >= 15 is 0 Å². The first-order valence-electron chi connectivity index (χ1n) is 34.7. The van der Waals surface area contributed by atoms with Crippen LogP contribution in [0.2, 0.25) is 0 Å². The van der Waals surface area contributed by atoms with Crippen molar-refractivity contribution in [2.24, 2.45) is 0 Å². The second kappa shape index (κ2) is 22.9. The number of hydrogen-bond donors (Lipinski definition) is 0. The Balaban J connectivity index is 0.000000136. The third-order valence-electron chi connectivity index (χ3n) is 20.7. The van der Waals surface area contributed by atoms with E-state index < -0.39 is 0 Å². The molecule has 0 aliphatic heterocycles. The number of para-hydroxylation sites is 9. The minimum atomic E-state index is 0.575. The fourth-order valence-corrected chi connectivity index (χ4v) is 16.4. The largest absolute Gasteiger partial charge is 0.309 e. The van der Waals surface area contributed by atoms with Gasteiger partial charge in [0.15, 0.2) is 11.6 Å². The number of aromatic nitrogens is 9. The summed E-state index contributed by atoms with van der Waals surface area (Å²) in [6, 6.07) is 128. The molecule has 22 rings (SSSR count). The first-order chi connectivity index (χ1) is 50.7. The van der Waals surface area contributed by atoms with Crippen molar-refractivity contribution in [1.29, 1.82) is 0 Å². The van der Waals surface area contributed by atoms with Gasteiger partial charge >= 0.3 is 0 Å². The zero-order valence-corrected chi connectivity index (χ0v) is 55.1. The Labute approximate surface area is 584 Å². The number of hydrogen-bond acceptors (Lipinski definition) is 3. The summed E-state index contributed by atoms with van der Waals surface area (Å²) in [5.41, 5.74) is 21.6. The molecule has 0 saturated carbocycles. The topological polar surface area (TPSA) is 68.2 Å². The van der Waals surface area contributed by atoms with Gasteiger partial charge in [0.25, 0.3) is 0 Å². The third-order valence-corrected chi connectivity index (χ3v) is 20.7. The van der Waals surface area contributed by atoms with Crippen molar-refractivity contribution in [3.63, 3.8) is 0 Å². The van der Waals surface area contributed by atoms with Gasteiger partial charge in [0.2, 0.25) is 5.95 Å². The summed E-state index contributed by atoms with van der Waals surface area (Å²) in [4.78, 5) is 15.4. The maximum atomic E-state index is 5.20. The first kappa shape index (κ1) is 57.2. The number of nitrogens with zero attached hydrogens (tertiary/aromatic N) is 9. The van der Waals surface area contributed by atoms with Gasteiger partial charge in [-0.25, -0.2) is 4.98 Å². The summed E-state index contributed by atoms with van der Waals surface area (Å²) < 4.78 is 14.3. The molecule has 15 aromatic carbocycles. The molecular formula is C93H59N9. The third kappa shape index (κ3) is 8.68. The molecule has 7 aromatic heterocycles. The SMILES string of the molecule is c1ccc(-c2nc(-c3ccccc3)nc(-n3c4ccccc4c4c3ccc3c5ccccc5n(-c5ccc6c(c5)c5ccccc5n6-c5ccccc5)c34)n2)cc1.c1ccc(-n2c3ccccc3c3cc(-n4c5ccccc5c5ccc6c(c7ccccc7n6-c6ccccc6)c54)ccc32)cc1. The molecule has 9 heteroatoms. The molecule has 0 unspecified atom stereocenters. The smallest absolute Gasteiger partial charge is 0.238 e. The Kier molecular flexibility index (Phi) is 12.8. The molecule has 9 nitrogen and oxygen atoms in total. The van der Waals surface area contributed by atoms with Gasteiger partial charge in [-0.1, -0.05) is 237 Å². The first-order valence-corrected chi connectivity index (χ1v) is 34.7. The zero-order valence-electron chi connectivity index (χ0n) is 55.1. The number of rotatable bonds is 8. The van der Waals surface area contributed by atoms with Gasteiger partial charge in [0.1, 0.15) is 0 Å². The molecule has 0 aliphatic carbocycles. The van der Waals surface area contributed by atoms with Gasteiger partial charge in [0.05, 0.1) is 66.2 Å². The van der Waals surface area contributed by atoms with Crippen molar-refractivity contribution in [2.45, 2.75) is 0 Å². The summed E-state index contributed by atoms with van der Waals surface area (Å²) in [6.45, 7) is 0. The van der Waals surface area contributed by atoms with Crippen LogP contribution in [0.4, 0.5) is 0 Å². The second-order valence-corrected chi connectivity index (χ2v) is 26.3. The Morgan fingerprint density at radius 2 is 0.441 bits per heavy atom. The minimum absolute atomic E-state index is 0.575.